The fourth-order valence-corrected chi connectivity index (χ4v) is 4.23. The van der Waals surface area contributed by atoms with Crippen molar-refractivity contribution in [2.75, 3.05) is 5.32 Å². The molecule has 2 nitrogen and oxygen atoms in total. The molecule has 0 bridgehead atoms. The summed E-state index contributed by atoms with van der Waals surface area (Å²) in [7, 11) is 0. The third kappa shape index (κ3) is 2.47. The summed E-state index contributed by atoms with van der Waals surface area (Å²) < 4.78 is 39.2. The number of rotatable bonds is 1. The molecule has 2 aromatic carbocycles. The van der Waals surface area contributed by atoms with Crippen LogP contribution in [0.1, 0.15) is 41.5 Å². The van der Waals surface area contributed by atoms with Crippen LogP contribution in [0.15, 0.2) is 48.5 Å². The van der Waals surface area contributed by atoms with E-state index in [1.807, 2.05) is 30.3 Å². The van der Waals surface area contributed by atoms with E-state index in [-0.39, 0.29) is 17.9 Å². The lowest BCUT2D eigenvalue weighted by Gasteiger charge is -2.38. The van der Waals surface area contributed by atoms with Crippen LogP contribution < -0.4 is 5.32 Å². The first-order chi connectivity index (χ1) is 11.4. The van der Waals surface area contributed by atoms with Crippen LogP contribution in [0.4, 0.5) is 18.9 Å². The van der Waals surface area contributed by atoms with Gasteiger partial charge in [-0.2, -0.15) is 13.2 Å². The lowest BCUT2D eigenvalue weighted by molar-refractivity contribution is -0.137. The van der Waals surface area contributed by atoms with Crippen LogP contribution in [0.5, 0.6) is 0 Å². The van der Waals surface area contributed by atoms with Crippen LogP contribution in [-0.4, -0.2) is 11.2 Å². The molecule has 0 saturated heterocycles. The molecular weight excluding hydrogens is 315 g/mol. The highest BCUT2D eigenvalue weighted by Gasteiger charge is 2.46. The summed E-state index contributed by atoms with van der Waals surface area (Å²) in [5.74, 6) is -0.160. The number of fused-ring (bicyclic) bond motifs is 3. The van der Waals surface area contributed by atoms with Gasteiger partial charge in [0.15, 0.2) is 0 Å². The molecule has 2 aliphatic rings. The van der Waals surface area contributed by atoms with E-state index >= 15 is 0 Å². The van der Waals surface area contributed by atoms with Crippen molar-refractivity contribution in [1.82, 2.24) is 0 Å². The topological polar surface area (TPSA) is 32.3 Å². The number of nitrogens with one attached hydrogen (secondary N) is 1. The molecule has 2 unspecified atom stereocenters. The third-order valence-corrected chi connectivity index (χ3v) is 5.31. The molecule has 5 heteroatoms. The van der Waals surface area contributed by atoms with Crippen LogP contribution in [0, 0.1) is 5.92 Å². The minimum Gasteiger partial charge on any atom is -0.392 e. The molecule has 2 aromatic rings. The predicted octanol–water partition coefficient (Wildman–Crippen LogP) is 4.73. The zero-order valence-electron chi connectivity index (χ0n) is 12.9. The summed E-state index contributed by atoms with van der Waals surface area (Å²) in [6.45, 7) is 0. The first kappa shape index (κ1) is 15.5. The Balaban J connectivity index is 1.80. The largest absolute Gasteiger partial charge is 0.416 e. The molecule has 0 radical (unpaired) electrons. The number of hydrogen-bond donors (Lipinski definition) is 2. The van der Waals surface area contributed by atoms with E-state index < -0.39 is 17.8 Å². The number of halogens is 3. The average Bonchev–Trinajstić information content (AvgIpc) is 2.96. The number of anilines is 1. The van der Waals surface area contributed by atoms with Gasteiger partial charge in [0.25, 0.3) is 0 Å². The molecule has 2 N–H and O–H groups in total. The van der Waals surface area contributed by atoms with Gasteiger partial charge in [0.2, 0.25) is 0 Å². The summed E-state index contributed by atoms with van der Waals surface area (Å²) in [6.07, 6.45) is -3.54. The summed E-state index contributed by atoms with van der Waals surface area (Å²) in [4.78, 5) is 0. The summed E-state index contributed by atoms with van der Waals surface area (Å²) >= 11 is 0. The maximum atomic E-state index is 13.1. The molecule has 1 aliphatic heterocycles. The summed E-state index contributed by atoms with van der Waals surface area (Å²) in [6, 6.07) is 13.7. The van der Waals surface area contributed by atoms with Crippen molar-refractivity contribution < 1.29 is 18.3 Å². The van der Waals surface area contributed by atoms with Crippen LogP contribution in [0.2, 0.25) is 0 Å². The molecule has 4 rings (SSSR count). The maximum Gasteiger partial charge on any atom is 0.416 e. The van der Waals surface area contributed by atoms with Gasteiger partial charge in [-0.1, -0.05) is 30.3 Å². The Morgan fingerprint density at radius 2 is 1.75 bits per heavy atom. The summed E-state index contributed by atoms with van der Waals surface area (Å²) in [5, 5.41) is 13.8. The molecular formula is C19H18F3NO. The fraction of sp³-hybridized carbons (Fsp3) is 0.368. The molecule has 1 fully saturated rings. The van der Waals surface area contributed by atoms with Crippen LogP contribution in [-0.2, 0) is 6.18 Å². The Kier molecular flexibility index (Phi) is 3.57. The first-order valence-corrected chi connectivity index (χ1v) is 8.16. The van der Waals surface area contributed by atoms with E-state index in [9.17, 15) is 18.3 Å². The zero-order valence-corrected chi connectivity index (χ0v) is 12.9. The van der Waals surface area contributed by atoms with Gasteiger partial charge in [-0.15, -0.1) is 0 Å². The second-order valence-electron chi connectivity index (χ2n) is 6.67. The summed E-state index contributed by atoms with van der Waals surface area (Å²) in [5.41, 5.74) is 1.73. The average molecular weight is 333 g/mol. The quantitative estimate of drug-likeness (QED) is 0.791. The molecule has 126 valence electrons. The predicted molar refractivity (Wildman–Crippen MR) is 85.7 cm³/mol. The molecule has 0 spiro atoms. The van der Waals surface area contributed by atoms with Crippen LogP contribution in [0.25, 0.3) is 0 Å². The molecule has 1 saturated carbocycles. The highest BCUT2D eigenvalue weighted by molar-refractivity contribution is 5.60. The molecule has 4 atom stereocenters. The maximum absolute atomic E-state index is 13.1. The number of alkyl halides is 3. The lowest BCUT2D eigenvalue weighted by atomic mass is 9.76. The highest BCUT2D eigenvalue weighted by Crippen LogP contribution is 2.53. The third-order valence-electron chi connectivity index (χ3n) is 5.31. The Morgan fingerprint density at radius 3 is 2.46 bits per heavy atom. The zero-order chi connectivity index (χ0) is 16.9. The van der Waals surface area contributed by atoms with Crippen LogP contribution >= 0.6 is 0 Å². The number of aliphatic hydroxyl groups excluding tert-OH is 1. The monoisotopic (exact) mass is 333 g/mol. The second kappa shape index (κ2) is 5.52. The number of aliphatic hydroxyl groups is 1. The van der Waals surface area contributed by atoms with Crippen molar-refractivity contribution >= 4 is 5.69 Å². The van der Waals surface area contributed by atoms with E-state index in [1.54, 1.807) is 0 Å². The molecule has 1 aliphatic carbocycles. The Bertz CT molecular complexity index is 744. The van der Waals surface area contributed by atoms with Crippen molar-refractivity contribution in [3.05, 3.63) is 65.2 Å². The molecule has 0 aromatic heterocycles. The number of hydrogen-bond acceptors (Lipinski definition) is 2. The molecule has 0 amide bonds. The Labute approximate surface area is 138 Å². The fourth-order valence-electron chi connectivity index (χ4n) is 4.23. The van der Waals surface area contributed by atoms with Crippen LogP contribution in [0.3, 0.4) is 0 Å². The SMILES string of the molecule is O[C@@H]1CC[C@H]2C(c3ccccc3)Nc3ccc(C(F)(F)F)cc3C21. The van der Waals surface area contributed by atoms with Crippen molar-refractivity contribution in [3.63, 3.8) is 0 Å². The highest BCUT2D eigenvalue weighted by atomic mass is 19.4. The normalized spacial score (nSPS) is 28.8. The van der Waals surface area contributed by atoms with Gasteiger partial charge in [0.1, 0.15) is 0 Å². The molecule has 24 heavy (non-hydrogen) atoms. The van der Waals surface area contributed by atoms with Crippen molar-refractivity contribution in [3.8, 4) is 0 Å². The smallest absolute Gasteiger partial charge is 0.392 e. The van der Waals surface area contributed by atoms with Gasteiger partial charge in [0, 0.05) is 11.6 Å². The van der Waals surface area contributed by atoms with Gasteiger partial charge in [-0.3, -0.25) is 0 Å². The van der Waals surface area contributed by atoms with E-state index in [0.29, 0.717) is 17.7 Å². The van der Waals surface area contributed by atoms with E-state index in [4.69, 9.17) is 0 Å². The van der Waals surface area contributed by atoms with E-state index in [0.717, 1.165) is 18.1 Å². The van der Waals surface area contributed by atoms with Gasteiger partial charge >= 0.3 is 6.18 Å². The second-order valence-corrected chi connectivity index (χ2v) is 6.67. The van der Waals surface area contributed by atoms with Crippen molar-refractivity contribution in [2.45, 2.75) is 37.1 Å². The first-order valence-electron chi connectivity index (χ1n) is 8.16. The van der Waals surface area contributed by atoms with Gasteiger partial charge in [0.05, 0.1) is 17.7 Å². The van der Waals surface area contributed by atoms with Gasteiger partial charge < -0.3 is 10.4 Å². The lowest BCUT2D eigenvalue weighted by Crippen LogP contribution is -2.32. The van der Waals surface area contributed by atoms with E-state index in [2.05, 4.69) is 5.32 Å². The van der Waals surface area contributed by atoms with E-state index in [1.165, 1.54) is 12.1 Å². The Morgan fingerprint density at radius 1 is 1.00 bits per heavy atom. The van der Waals surface area contributed by atoms with Gasteiger partial charge in [-0.05, 0) is 48.1 Å². The molecule has 1 heterocycles. The standard InChI is InChI=1S/C19H18F3NO/c20-19(21,22)12-6-8-15-14(10-12)17-13(7-9-16(17)24)18(23-15)11-4-2-1-3-5-11/h1-6,8,10,13,16-18,23-24H,7,9H2/t13-,16-,17?,18?/m1/s1. The minimum atomic E-state index is -4.37. The van der Waals surface area contributed by atoms with Crippen molar-refractivity contribution in [1.29, 1.82) is 0 Å². The van der Waals surface area contributed by atoms with Gasteiger partial charge in [-0.25, -0.2) is 0 Å². The minimum absolute atomic E-state index is 0.0117. The Hall–Kier alpha value is -2.01. The number of benzene rings is 2. The van der Waals surface area contributed by atoms with Crippen molar-refractivity contribution in [2.24, 2.45) is 5.92 Å².